The number of thioether (sulfide) groups is 1. The second kappa shape index (κ2) is 8.52. The third kappa shape index (κ3) is 5.37. The summed E-state index contributed by atoms with van der Waals surface area (Å²) in [5.74, 6) is 1.36. The van der Waals surface area contributed by atoms with Crippen LogP contribution in [0.1, 0.15) is 25.8 Å². The predicted molar refractivity (Wildman–Crippen MR) is 95.8 cm³/mol. The van der Waals surface area contributed by atoms with Gasteiger partial charge in [0.1, 0.15) is 5.75 Å². The molecule has 2 rings (SSSR count). The molecular formula is C15H18ClN3O2S2. The van der Waals surface area contributed by atoms with E-state index in [9.17, 15) is 4.79 Å². The van der Waals surface area contributed by atoms with Crippen molar-refractivity contribution in [1.29, 1.82) is 0 Å². The Bertz CT molecular complexity index is 678. The highest BCUT2D eigenvalue weighted by molar-refractivity contribution is 8.01. The van der Waals surface area contributed by atoms with Crippen LogP contribution in [0, 0.1) is 6.92 Å². The van der Waals surface area contributed by atoms with E-state index >= 15 is 0 Å². The molecule has 23 heavy (non-hydrogen) atoms. The first-order chi connectivity index (χ1) is 11.0. The summed E-state index contributed by atoms with van der Waals surface area (Å²) in [6, 6.07) is 5.28. The summed E-state index contributed by atoms with van der Waals surface area (Å²) in [4.78, 5) is 12.2. The van der Waals surface area contributed by atoms with Gasteiger partial charge in [-0.15, -0.1) is 10.2 Å². The normalized spacial score (nSPS) is 12.0. The monoisotopic (exact) mass is 371 g/mol. The van der Waals surface area contributed by atoms with Crippen LogP contribution in [0.15, 0.2) is 22.5 Å². The Morgan fingerprint density at radius 3 is 2.96 bits per heavy atom. The van der Waals surface area contributed by atoms with Crippen molar-refractivity contribution in [1.82, 2.24) is 10.2 Å². The highest BCUT2D eigenvalue weighted by atomic mass is 35.5. The SMILES string of the molecule is CCCSc1nnc(NC(=O)C(C)Oc2ccc(Cl)cc2C)s1. The first-order valence-corrected chi connectivity index (χ1v) is 9.37. The third-order valence-electron chi connectivity index (χ3n) is 2.88. The molecular weight excluding hydrogens is 354 g/mol. The summed E-state index contributed by atoms with van der Waals surface area (Å²) in [5.41, 5.74) is 0.881. The summed E-state index contributed by atoms with van der Waals surface area (Å²) < 4.78 is 6.54. The Labute approximate surface area is 148 Å². The molecule has 1 amide bonds. The van der Waals surface area contributed by atoms with Crippen LogP contribution < -0.4 is 10.1 Å². The van der Waals surface area contributed by atoms with E-state index in [1.807, 2.05) is 6.92 Å². The lowest BCUT2D eigenvalue weighted by molar-refractivity contribution is -0.122. The van der Waals surface area contributed by atoms with Crippen LogP contribution in [-0.4, -0.2) is 28.0 Å². The minimum Gasteiger partial charge on any atom is -0.481 e. The van der Waals surface area contributed by atoms with Crippen LogP contribution in [0.3, 0.4) is 0 Å². The number of aromatic nitrogens is 2. The molecule has 8 heteroatoms. The Balaban J connectivity index is 1.93. The van der Waals surface area contributed by atoms with E-state index in [1.54, 1.807) is 36.9 Å². The lowest BCUT2D eigenvalue weighted by Gasteiger charge is -2.15. The molecule has 2 aromatic rings. The summed E-state index contributed by atoms with van der Waals surface area (Å²) in [6.45, 7) is 5.68. The lowest BCUT2D eigenvalue weighted by atomic mass is 10.2. The number of halogens is 1. The Morgan fingerprint density at radius 2 is 2.26 bits per heavy atom. The van der Waals surface area contributed by atoms with Crippen LogP contribution in [0.25, 0.3) is 0 Å². The second-order valence-corrected chi connectivity index (χ2v) is 7.64. The molecule has 1 aromatic carbocycles. The van der Waals surface area contributed by atoms with Crippen LogP contribution in [-0.2, 0) is 4.79 Å². The summed E-state index contributed by atoms with van der Waals surface area (Å²) in [7, 11) is 0. The Morgan fingerprint density at radius 1 is 1.48 bits per heavy atom. The van der Waals surface area contributed by atoms with Gasteiger partial charge in [0.25, 0.3) is 5.91 Å². The quantitative estimate of drug-likeness (QED) is 0.577. The summed E-state index contributed by atoms with van der Waals surface area (Å²) in [6.07, 6.45) is 0.419. The van der Waals surface area contributed by atoms with Gasteiger partial charge in [-0.1, -0.05) is 41.6 Å². The molecule has 124 valence electrons. The second-order valence-electron chi connectivity index (χ2n) is 4.88. The van der Waals surface area contributed by atoms with Crippen LogP contribution in [0.2, 0.25) is 5.02 Å². The molecule has 1 unspecified atom stereocenters. The van der Waals surface area contributed by atoms with E-state index < -0.39 is 6.10 Å². The van der Waals surface area contributed by atoms with Gasteiger partial charge in [-0.2, -0.15) is 0 Å². The molecule has 0 aliphatic carbocycles. The molecule has 5 nitrogen and oxygen atoms in total. The van der Waals surface area contributed by atoms with Crippen molar-refractivity contribution in [2.24, 2.45) is 0 Å². The van der Waals surface area contributed by atoms with E-state index in [0.717, 1.165) is 22.1 Å². The fraction of sp³-hybridized carbons (Fsp3) is 0.400. The van der Waals surface area contributed by atoms with Crippen molar-refractivity contribution in [3.05, 3.63) is 28.8 Å². The molecule has 1 atom stereocenters. The number of hydrogen-bond acceptors (Lipinski definition) is 6. The van der Waals surface area contributed by atoms with Crippen molar-refractivity contribution in [2.75, 3.05) is 11.1 Å². The summed E-state index contributed by atoms with van der Waals surface area (Å²) in [5, 5.41) is 11.9. The van der Waals surface area contributed by atoms with Crippen molar-refractivity contribution in [3.63, 3.8) is 0 Å². The van der Waals surface area contributed by atoms with Crippen molar-refractivity contribution in [2.45, 2.75) is 37.6 Å². The number of nitrogens with one attached hydrogen (secondary N) is 1. The maximum atomic E-state index is 12.2. The number of nitrogens with zero attached hydrogens (tertiary/aromatic N) is 2. The van der Waals surface area contributed by atoms with Gasteiger partial charge in [0, 0.05) is 10.8 Å². The van der Waals surface area contributed by atoms with Crippen LogP contribution in [0.4, 0.5) is 5.13 Å². The van der Waals surface area contributed by atoms with E-state index in [4.69, 9.17) is 16.3 Å². The average molecular weight is 372 g/mol. The third-order valence-corrected chi connectivity index (χ3v) is 5.29. The zero-order valence-corrected chi connectivity index (χ0v) is 15.5. The fourth-order valence-electron chi connectivity index (χ4n) is 1.70. The van der Waals surface area contributed by atoms with Gasteiger partial charge in [0.2, 0.25) is 5.13 Å². The van der Waals surface area contributed by atoms with E-state index in [2.05, 4.69) is 22.4 Å². The van der Waals surface area contributed by atoms with E-state index in [-0.39, 0.29) is 5.91 Å². The molecule has 0 spiro atoms. The minimum atomic E-state index is -0.648. The van der Waals surface area contributed by atoms with Crippen molar-refractivity contribution >= 4 is 45.7 Å². The number of carbonyl (C=O) groups is 1. The van der Waals surface area contributed by atoms with Gasteiger partial charge < -0.3 is 4.74 Å². The molecule has 0 aliphatic heterocycles. The number of carbonyl (C=O) groups excluding carboxylic acids is 1. The molecule has 1 N–H and O–H groups in total. The molecule has 0 radical (unpaired) electrons. The average Bonchev–Trinajstić information content (AvgIpc) is 2.95. The number of ether oxygens (including phenoxy) is 1. The lowest BCUT2D eigenvalue weighted by Crippen LogP contribution is -2.30. The zero-order valence-electron chi connectivity index (χ0n) is 13.1. The summed E-state index contributed by atoms with van der Waals surface area (Å²) >= 11 is 8.91. The zero-order chi connectivity index (χ0) is 16.8. The van der Waals surface area contributed by atoms with Crippen molar-refractivity contribution < 1.29 is 9.53 Å². The van der Waals surface area contributed by atoms with Gasteiger partial charge in [-0.3, -0.25) is 10.1 Å². The van der Waals surface area contributed by atoms with Crippen LogP contribution in [0.5, 0.6) is 5.75 Å². The molecule has 0 bridgehead atoms. The van der Waals surface area contributed by atoms with Gasteiger partial charge in [-0.25, -0.2) is 0 Å². The maximum absolute atomic E-state index is 12.2. The highest BCUT2D eigenvalue weighted by Gasteiger charge is 2.18. The highest BCUT2D eigenvalue weighted by Crippen LogP contribution is 2.26. The fourth-order valence-corrected chi connectivity index (χ4v) is 3.61. The van der Waals surface area contributed by atoms with Gasteiger partial charge in [-0.05, 0) is 44.0 Å². The van der Waals surface area contributed by atoms with Gasteiger partial charge in [0.15, 0.2) is 10.4 Å². The first-order valence-electron chi connectivity index (χ1n) is 7.19. The van der Waals surface area contributed by atoms with E-state index in [1.165, 1.54) is 11.3 Å². The van der Waals surface area contributed by atoms with Gasteiger partial charge >= 0.3 is 0 Å². The molecule has 0 saturated carbocycles. The largest absolute Gasteiger partial charge is 0.481 e. The molecule has 0 fully saturated rings. The standard InChI is InChI=1S/C15H18ClN3O2S2/c1-4-7-22-15-19-18-14(23-15)17-13(20)10(3)21-12-6-5-11(16)8-9(12)2/h5-6,8,10H,4,7H2,1-3H3,(H,17,18,20). The Hall–Kier alpha value is -1.31. The number of aryl methyl sites for hydroxylation is 1. The first kappa shape index (κ1) is 18.0. The topological polar surface area (TPSA) is 64.1 Å². The van der Waals surface area contributed by atoms with Crippen molar-refractivity contribution in [3.8, 4) is 5.75 Å². The molecule has 0 saturated heterocycles. The molecule has 1 heterocycles. The van der Waals surface area contributed by atoms with Crippen LogP contribution >= 0.6 is 34.7 Å². The minimum absolute atomic E-state index is 0.262. The van der Waals surface area contributed by atoms with E-state index in [0.29, 0.717) is 15.9 Å². The molecule has 1 aromatic heterocycles. The molecule has 0 aliphatic rings. The Kier molecular flexibility index (Phi) is 6.68. The number of anilines is 1. The number of hydrogen-bond donors (Lipinski definition) is 1. The number of amides is 1. The smallest absolute Gasteiger partial charge is 0.266 e. The predicted octanol–water partition coefficient (Wildman–Crippen LogP) is 4.41. The number of rotatable bonds is 7. The van der Waals surface area contributed by atoms with Gasteiger partial charge in [0.05, 0.1) is 0 Å². The maximum Gasteiger partial charge on any atom is 0.266 e. The number of benzene rings is 1.